The normalized spacial score (nSPS) is 17.9. The molecule has 16 heteroatoms. The van der Waals surface area contributed by atoms with Crippen LogP contribution in [0.2, 0.25) is 0 Å². The van der Waals surface area contributed by atoms with Crippen molar-refractivity contribution in [3.63, 3.8) is 0 Å². The zero-order valence-corrected chi connectivity index (χ0v) is 30.6. The van der Waals surface area contributed by atoms with Gasteiger partial charge < -0.3 is 24.3 Å². The molecular weight excluding hydrogens is 719 g/mol. The van der Waals surface area contributed by atoms with Crippen LogP contribution in [0, 0.1) is 6.92 Å². The smallest absolute Gasteiger partial charge is 0.385 e. The summed E-state index contributed by atoms with van der Waals surface area (Å²) in [5.41, 5.74) is 5.39. The Labute approximate surface area is 314 Å². The second-order valence-electron chi connectivity index (χ2n) is 14.4. The fraction of sp³-hybridized carbons (Fsp3) is 0.436. The molecule has 2 aromatic heterocycles. The third-order valence-corrected chi connectivity index (χ3v) is 10.7. The molecule has 2 aromatic carbocycles. The number of aryl methyl sites for hydroxylation is 2. The van der Waals surface area contributed by atoms with Crippen LogP contribution in [-0.2, 0) is 39.3 Å². The number of carbonyl (C=O) groups excluding carboxylic acids is 4. The van der Waals surface area contributed by atoms with Gasteiger partial charge in [-0.1, -0.05) is 12.1 Å². The van der Waals surface area contributed by atoms with Crippen LogP contribution < -0.4 is 16.2 Å². The molecule has 3 aliphatic rings. The second-order valence-corrected chi connectivity index (χ2v) is 14.4. The molecule has 1 atom stereocenters. The van der Waals surface area contributed by atoms with Crippen molar-refractivity contribution in [2.75, 3.05) is 31.6 Å². The Morgan fingerprint density at radius 2 is 1.82 bits per heavy atom. The van der Waals surface area contributed by atoms with Crippen molar-refractivity contribution in [3.05, 3.63) is 81.5 Å². The molecule has 0 saturated carbocycles. The number of halogens is 3. The van der Waals surface area contributed by atoms with Crippen LogP contribution in [0.5, 0.6) is 0 Å². The number of nitrogens with zero attached hydrogens (tertiary/aromatic N) is 5. The van der Waals surface area contributed by atoms with Crippen molar-refractivity contribution in [2.45, 2.75) is 76.9 Å². The van der Waals surface area contributed by atoms with Crippen LogP contribution >= 0.6 is 0 Å². The van der Waals surface area contributed by atoms with Gasteiger partial charge in [-0.2, -0.15) is 0 Å². The molecule has 7 rings (SSSR count). The largest absolute Gasteiger partial charge is 0.522 e. The van der Waals surface area contributed by atoms with E-state index in [4.69, 9.17) is 4.98 Å². The lowest BCUT2D eigenvalue weighted by molar-refractivity contribution is -0.325. The molecule has 5 heterocycles. The van der Waals surface area contributed by atoms with E-state index in [1.807, 2.05) is 29.2 Å². The van der Waals surface area contributed by atoms with Crippen molar-refractivity contribution in [1.82, 2.24) is 29.2 Å². The Kier molecular flexibility index (Phi) is 10.5. The molecule has 0 bridgehead atoms. The van der Waals surface area contributed by atoms with Gasteiger partial charge in [-0.15, -0.1) is 13.2 Å². The summed E-state index contributed by atoms with van der Waals surface area (Å²) in [7, 11) is 1.67. The van der Waals surface area contributed by atoms with E-state index in [0.717, 1.165) is 22.4 Å². The first-order chi connectivity index (χ1) is 26.3. The molecule has 2 N–H and O–H groups in total. The van der Waals surface area contributed by atoms with Crippen molar-refractivity contribution < 1.29 is 37.1 Å². The molecule has 13 nitrogen and oxygen atoms in total. The van der Waals surface area contributed by atoms with Crippen LogP contribution in [0.3, 0.4) is 0 Å². The predicted octanol–water partition coefficient (Wildman–Crippen LogP) is 4.61. The number of likely N-dealkylation sites (tertiary alicyclic amines) is 1. The fourth-order valence-electron chi connectivity index (χ4n) is 7.91. The Morgan fingerprint density at radius 3 is 2.55 bits per heavy atom. The third-order valence-electron chi connectivity index (χ3n) is 10.7. The van der Waals surface area contributed by atoms with Crippen LogP contribution in [0.15, 0.2) is 53.5 Å². The number of hydrogen-bond acceptors (Lipinski definition) is 8. The summed E-state index contributed by atoms with van der Waals surface area (Å²) in [6, 6.07) is 12.0. The van der Waals surface area contributed by atoms with Gasteiger partial charge in [0.25, 0.3) is 11.5 Å². The van der Waals surface area contributed by atoms with Crippen LogP contribution in [0.25, 0.3) is 22.2 Å². The number of carbonyl (C=O) groups is 4. The minimum Gasteiger partial charge on any atom is -0.385 e. The number of nitrogens with one attached hydrogen (secondary N) is 2. The van der Waals surface area contributed by atoms with Gasteiger partial charge in [-0.05, 0) is 74.1 Å². The van der Waals surface area contributed by atoms with E-state index in [-0.39, 0.29) is 55.1 Å². The highest BCUT2D eigenvalue weighted by molar-refractivity contribution is 6.06. The zero-order chi connectivity index (χ0) is 39.0. The van der Waals surface area contributed by atoms with E-state index in [0.29, 0.717) is 73.3 Å². The van der Waals surface area contributed by atoms with Gasteiger partial charge in [0.2, 0.25) is 17.7 Å². The summed E-state index contributed by atoms with van der Waals surface area (Å²) >= 11 is 0. The zero-order valence-electron chi connectivity index (χ0n) is 30.6. The SMILES string of the molecule is Cc1cc(-c2ccc3nc(C4CCN(C(=O)CCCNc5cccc6c5CN(C5CCC(=O)NC5=O)C6=O)CC4)n(CCOC(F)(F)F)c3c2)cn(C)c1=O. The predicted molar refractivity (Wildman–Crippen MR) is 196 cm³/mol. The number of imidazole rings is 1. The molecule has 1 unspecified atom stereocenters. The van der Waals surface area contributed by atoms with Crippen molar-refractivity contribution >= 4 is 40.3 Å². The van der Waals surface area contributed by atoms with E-state index in [1.165, 1.54) is 9.47 Å². The van der Waals surface area contributed by atoms with Gasteiger partial charge in [-0.25, -0.2) is 4.98 Å². The molecule has 2 saturated heterocycles. The molecule has 4 aromatic rings. The highest BCUT2D eigenvalue weighted by Gasteiger charge is 2.40. The topological polar surface area (TPSA) is 148 Å². The van der Waals surface area contributed by atoms with E-state index in [2.05, 4.69) is 15.4 Å². The number of fused-ring (bicyclic) bond motifs is 2. The average molecular weight is 762 g/mol. The molecule has 3 aliphatic heterocycles. The van der Waals surface area contributed by atoms with Gasteiger partial charge in [0.05, 0.1) is 17.6 Å². The molecular formula is C39H42F3N7O6. The lowest BCUT2D eigenvalue weighted by Crippen LogP contribution is -2.52. The number of pyridine rings is 1. The minimum atomic E-state index is -4.77. The standard InChI is InChI=1S/C39H42F3N7O6/c1-23-19-26(21-46(2)37(23)53)25-8-9-30-32(20-25)48(17-18-55-39(40,41)42)35(44-30)24-12-15-47(16-13-24)34(51)7-4-14-43-29-6-3-5-27-28(29)22-49(38(27)54)31-10-11-33(50)45-36(31)52/h3,5-6,8-9,19-21,24,31,43H,4,7,10-18,22H2,1-2H3,(H,45,50,52). The highest BCUT2D eigenvalue weighted by atomic mass is 19.4. The number of aromatic nitrogens is 3. The Balaban J connectivity index is 0.968. The first-order valence-electron chi connectivity index (χ1n) is 18.4. The number of alkyl halides is 3. The number of anilines is 1. The molecule has 55 heavy (non-hydrogen) atoms. The van der Waals surface area contributed by atoms with E-state index in [1.54, 1.807) is 42.9 Å². The molecule has 0 radical (unpaired) electrons. The summed E-state index contributed by atoms with van der Waals surface area (Å²) in [6.45, 7) is 2.76. The Morgan fingerprint density at radius 1 is 1.04 bits per heavy atom. The van der Waals surface area contributed by atoms with E-state index in [9.17, 15) is 37.1 Å². The van der Waals surface area contributed by atoms with Crippen LogP contribution in [-0.4, -0.2) is 86.2 Å². The number of benzene rings is 2. The van der Waals surface area contributed by atoms with Gasteiger partial charge >= 0.3 is 6.36 Å². The molecule has 0 aliphatic carbocycles. The third kappa shape index (κ3) is 8.00. The monoisotopic (exact) mass is 761 g/mol. The Bertz CT molecular complexity index is 2200. The molecule has 0 spiro atoms. The molecule has 290 valence electrons. The van der Waals surface area contributed by atoms with Gasteiger partial charge in [0.15, 0.2) is 0 Å². The summed E-state index contributed by atoms with van der Waals surface area (Å²) in [5, 5.41) is 5.66. The number of ether oxygens (including phenoxy) is 1. The summed E-state index contributed by atoms with van der Waals surface area (Å²) in [5.74, 6) is -0.496. The molecule has 2 fully saturated rings. The Hall–Kier alpha value is -5.51. The number of hydrogen-bond donors (Lipinski definition) is 2. The maximum absolute atomic E-state index is 13.3. The molecule has 4 amide bonds. The quantitative estimate of drug-likeness (QED) is 0.167. The number of piperidine rings is 2. The minimum absolute atomic E-state index is 0.00188. The van der Waals surface area contributed by atoms with Gasteiger partial charge in [0, 0.05) is 87.1 Å². The lowest BCUT2D eigenvalue weighted by Gasteiger charge is -2.32. The maximum Gasteiger partial charge on any atom is 0.522 e. The van der Waals surface area contributed by atoms with Crippen LogP contribution in [0.1, 0.15) is 71.8 Å². The van der Waals surface area contributed by atoms with Crippen molar-refractivity contribution in [3.8, 4) is 11.1 Å². The lowest BCUT2D eigenvalue weighted by atomic mass is 9.95. The number of amides is 4. The fourth-order valence-corrected chi connectivity index (χ4v) is 7.91. The van der Waals surface area contributed by atoms with Crippen molar-refractivity contribution in [2.24, 2.45) is 7.05 Å². The second kappa shape index (κ2) is 15.3. The van der Waals surface area contributed by atoms with Crippen molar-refractivity contribution in [1.29, 1.82) is 0 Å². The summed E-state index contributed by atoms with van der Waals surface area (Å²) < 4.78 is 46.4. The van der Waals surface area contributed by atoms with E-state index >= 15 is 0 Å². The van der Waals surface area contributed by atoms with E-state index < -0.39 is 24.9 Å². The highest BCUT2D eigenvalue weighted by Crippen LogP contribution is 2.34. The number of imide groups is 1. The summed E-state index contributed by atoms with van der Waals surface area (Å²) in [6.07, 6.45) is -0.562. The first kappa shape index (κ1) is 37.8. The first-order valence-corrected chi connectivity index (χ1v) is 18.4. The summed E-state index contributed by atoms with van der Waals surface area (Å²) in [4.78, 5) is 70.9. The van der Waals surface area contributed by atoms with Crippen LogP contribution in [0.4, 0.5) is 18.9 Å². The van der Waals surface area contributed by atoms with Gasteiger partial charge in [-0.3, -0.25) is 34.0 Å². The van der Waals surface area contributed by atoms with Gasteiger partial charge in [0.1, 0.15) is 11.9 Å². The number of rotatable bonds is 11. The maximum atomic E-state index is 13.3. The average Bonchev–Trinajstić information content (AvgIpc) is 3.68.